The zero-order chi connectivity index (χ0) is 15.7. The highest BCUT2D eigenvalue weighted by Crippen LogP contribution is 2.67. The maximum Gasteiger partial charge on any atom is 0.133 e. The Morgan fingerprint density at radius 2 is 1.77 bits per heavy atom. The van der Waals surface area contributed by atoms with Gasteiger partial charge >= 0.3 is 0 Å². The molecule has 3 unspecified atom stereocenters. The number of aliphatic hydroxyl groups excluding tert-OH is 1. The van der Waals surface area contributed by atoms with Crippen molar-refractivity contribution in [1.82, 2.24) is 0 Å². The minimum atomic E-state index is -0.0795. The Balaban J connectivity index is 1.68. The van der Waals surface area contributed by atoms with Crippen LogP contribution < -0.4 is 0 Å². The average molecular weight is 304 g/mol. The molecule has 0 amide bonds. The quantitative estimate of drug-likeness (QED) is 0.728. The van der Waals surface area contributed by atoms with Crippen molar-refractivity contribution in [1.29, 1.82) is 0 Å². The summed E-state index contributed by atoms with van der Waals surface area (Å²) in [4.78, 5) is 12.0. The van der Waals surface area contributed by atoms with Gasteiger partial charge in [0.15, 0.2) is 0 Å². The Hall–Kier alpha value is -0.370. The van der Waals surface area contributed by atoms with Crippen molar-refractivity contribution in [2.45, 2.75) is 78.2 Å². The van der Waals surface area contributed by atoms with Gasteiger partial charge in [-0.1, -0.05) is 20.8 Å². The Morgan fingerprint density at radius 1 is 1.05 bits per heavy atom. The fraction of sp³-hybridized carbons (Fsp3) is 0.950. The monoisotopic (exact) mass is 304 g/mol. The lowest BCUT2D eigenvalue weighted by Gasteiger charge is -2.62. The summed E-state index contributed by atoms with van der Waals surface area (Å²) in [6.07, 6.45) is 8.65. The second kappa shape index (κ2) is 4.82. The number of ketones is 1. The molecule has 124 valence electrons. The molecular formula is C20H32O2. The Morgan fingerprint density at radius 3 is 2.55 bits per heavy atom. The van der Waals surface area contributed by atoms with E-state index in [0.717, 1.165) is 43.4 Å². The van der Waals surface area contributed by atoms with Crippen molar-refractivity contribution in [3.05, 3.63) is 0 Å². The molecule has 8 atom stereocenters. The summed E-state index contributed by atoms with van der Waals surface area (Å²) >= 11 is 0. The van der Waals surface area contributed by atoms with Crippen molar-refractivity contribution in [3.8, 4) is 0 Å². The van der Waals surface area contributed by atoms with Crippen LogP contribution in [0.3, 0.4) is 0 Å². The summed E-state index contributed by atoms with van der Waals surface area (Å²) in [6, 6.07) is 0. The van der Waals surface area contributed by atoms with Gasteiger partial charge in [0.25, 0.3) is 0 Å². The molecule has 1 N–H and O–H groups in total. The average Bonchev–Trinajstić information content (AvgIpc) is 2.77. The SMILES string of the molecule is C[C@@H]1CC2CC(=O)CC[C@]2(C)C2CC[C@@]3(C)C(CC[C@@H]3O)[C@@H]21. The normalized spacial score (nSPS) is 57.9. The van der Waals surface area contributed by atoms with Gasteiger partial charge < -0.3 is 5.11 Å². The first-order valence-corrected chi connectivity index (χ1v) is 9.56. The zero-order valence-corrected chi connectivity index (χ0v) is 14.5. The van der Waals surface area contributed by atoms with E-state index in [9.17, 15) is 9.90 Å². The summed E-state index contributed by atoms with van der Waals surface area (Å²) in [6.45, 7) is 7.30. The second-order valence-electron chi connectivity index (χ2n) is 9.59. The Bertz CT molecular complexity index is 486. The second-order valence-corrected chi connectivity index (χ2v) is 9.59. The molecule has 0 aromatic heterocycles. The number of fused-ring (bicyclic) bond motifs is 5. The first kappa shape index (κ1) is 15.2. The first-order valence-electron chi connectivity index (χ1n) is 9.56. The molecule has 4 aliphatic carbocycles. The molecule has 0 aromatic rings. The van der Waals surface area contributed by atoms with Crippen LogP contribution >= 0.6 is 0 Å². The zero-order valence-electron chi connectivity index (χ0n) is 14.5. The molecule has 4 rings (SSSR count). The highest BCUT2D eigenvalue weighted by atomic mass is 16.3. The third-order valence-electron chi connectivity index (χ3n) is 8.79. The number of carbonyl (C=O) groups is 1. The van der Waals surface area contributed by atoms with Gasteiger partial charge in [-0.3, -0.25) is 4.79 Å². The van der Waals surface area contributed by atoms with Crippen molar-refractivity contribution < 1.29 is 9.90 Å². The van der Waals surface area contributed by atoms with Gasteiger partial charge in [-0.25, -0.2) is 0 Å². The predicted molar refractivity (Wildman–Crippen MR) is 87.3 cm³/mol. The lowest BCUT2D eigenvalue weighted by atomic mass is 9.43. The van der Waals surface area contributed by atoms with Gasteiger partial charge in [0.05, 0.1) is 6.10 Å². The van der Waals surface area contributed by atoms with E-state index in [2.05, 4.69) is 20.8 Å². The van der Waals surface area contributed by atoms with Crippen molar-refractivity contribution in [3.63, 3.8) is 0 Å². The highest BCUT2D eigenvalue weighted by Gasteiger charge is 2.61. The lowest BCUT2D eigenvalue weighted by molar-refractivity contribution is -0.153. The van der Waals surface area contributed by atoms with Crippen LogP contribution in [0, 0.1) is 40.4 Å². The number of hydrogen-bond donors (Lipinski definition) is 1. The largest absolute Gasteiger partial charge is 0.393 e. The third-order valence-corrected chi connectivity index (χ3v) is 8.79. The maximum absolute atomic E-state index is 12.0. The third kappa shape index (κ3) is 1.85. The topological polar surface area (TPSA) is 37.3 Å². The Labute approximate surface area is 135 Å². The van der Waals surface area contributed by atoms with E-state index in [1.807, 2.05) is 0 Å². The standard InChI is InChI=1S/C20H32O2/c1-12-10-13-11-14(21)6-8-19(13,2)16-7-9-20(3)15(18(12)16)4-5-17(20)22/h12-13,15-18,22H,4-11H2,1-3H3/t12-,13?,15?,16?,17+,18+,19+,20+/m1/s1. The number of carbonyl (C=O) groups excluding carboxylic acids is 1. The van der Waals surface area contributed by atoms with E-state index in [0.29, 0.717) is 23.0 Å². The van der Waals surface area contributed by atoms with Crippen LogP contribution in [0.15, 0.2) is 0 Å². The molecule has 4 fully saturated rings. The summed E-state index contributed by atoms with van der Waals surface area (Å²) < 4.78 is 0. The van der Waals surface area contributed by atoms with E-state index in [4.69, 9.17) is 0 Å². The molecule has 0 aromatic carbocycles. The van der Waals surface area contributed by atoms with Gasteiger partial charge in [-0.05, 0) is 78.9 Å². The number of aliphatic hydroxyl groups is 1. The summed E-state index contributed by atoms with van der Waals surface area (Å²) in [5.74, 6) is 4.14. The molecule has 0 aliphatic heterocycles. The van der Waals surface area contributed by atoms with Crippen LogP contribution in [0.25, 0.3) is 0 Å². The van der Waals surface area contributed by atoms with Gasteiger partial charge in [-0.15, -0.1) is 0 Å². The van der Waals surface area contributed by atoms with Crippen LogP contribution in [0.2, 0.25) is 0 Å². The minimum Gasteiger partial charge on any atom is -0.393 e. The van der Waals surface area contributed by atoms with E-state index in [1.54, 1.807) is 0 Å². The first-order chi connectivity index (χ1) is 10.4. The van der Waals surface area contributed by atoms with Crippen molar-refractivity contribution in [2.24, 2.45) is 40.4 Å². The van der Waals surface area contributed by atoms with Crippen LogP contribution in [-0.4, -0.2) is 17.0 Å². The molecular weight excluding hydrogens is 272 g/mol. The molecule has 0 heterocycles. The van der Waals surface area contributed by atoms with Crippen LogP contribution in [0.4, 0.5) is 0 Å². The molecule has 0 spiro atoms. The van der Waals surface area contributed by atoms with Crippen molar-refractivity contribution in [2.75, 3.05) is 0 Å². The number of hydrogen-bond acceptors (Lipinski definition) is 2. The molecule has 0 bridgehead atoms. The summed E-state index contributed by atoms with van der Waals surface area (Å²) in [5, 5.41) is 10.5. The lowest BCUT2D eigenvalue weighted by Crippen LogP contribution is -2.56. The Kier molecular flexibility index (Phi) is 3.32. The van der Waals surface area contributed by atoms with E-state index in [-0.39, 0.29) is 11.5 Å². The van der Waals surface area contributed by atoms with E-state index >= 15 is 0 Å². The maximum atomic E-state index is 12.0. The molecule has 2 heteroatoms. The van der Waals surface area contributed by atoms with Crippen LogP contribution in [0.5, 0.6) is 0 Å². The molecule has 0 saturated heterocycles. The van der Waals surface area contributed by atoms with Gasteiger partial charge in [0.1, 0.15) is 5.78 Å². The number of rotatable bonds is 0. The van der Waals surface area contributed by atoms with Gasteiger partial charge in [-0.2, -0.15) is 0 Å². The predicted octanol–water partition coefficient (Wildman–Crippen LogP) is 4.21. The van der Waals surface area contributed by atoms with Crippen molar-refractivity contribution >= 4 is 5.78 Å². The van der Waals surface area contributed by atoms with E-state index < -0.39 is 0 Å². The fourth-order valence-corrected chi connectivity index (χ4v) is 7.40. The smallest absolute Gasteiger partial charge is 0.133 e. The van der Waals surface area contributed by atoms with E-state index in [1.165, 1.54) is 25.7 Å². The summed E-state index contributed by atoms with van der Waals surface area (Å²) in [7, 11) is 0. The van der Waals surface area contributed by atoms with Crippen LogP contribution in [-0.2, 0) is 4.79 Å². The van der Waals surface area contributed by atoms with Crippen LogP contribution in [0.1, 0.15) is 72.1 Å². The number of Topliss-reactive ketones (excluding diaryl/α,β-unsaturated/α-hetero) is 1. The minimum absolute atomic E-state index is 0.0795. The van der Waals surface area contributed by atoms with Gasteiger partial charge in [0, 0.05) is 12.8 Å². The summed E-state index contributed by atoms with van der Waals surface area (Å²) in [5.41, 5.74) is 0.559. The molecule has 0 radical (unpaired) electrons. The highest BCUT2D eigenvalue weighted by molar-refractivity contribution is 5.79. The molecule has 2 nitrogen and oxygen atoms in total. The molecule has 22 heavy (non-hydrogen) atoms. The molecule has 4 aliphatic rings. The van der Waals surface area contributed by atoms with Gasteiger partial charge in [0.2, 0.25) is 0 Å². The fourth-order valence-electron chi connectivity index (χ4n) is 7.40. The molecule has 4 saturated carbocycles.